The number of carbonyl (C=O) groups excluding carboxylic acids is 2. The highest BCUT2D eigenvalue weighted by atomic mass is 32.2. The van der Waals surface area contributed by atoms with E-state index in [1.54, 1.807) is 37.0 Å². The van der Waals surface area contributed by atoms with E-state index in [0.717, 1.165) is 27.5 Å². The van der Waals surface area contributed by atoms with Crippen LogP contribution in [0.15, 0.2) is 29.2 Å². The first-order valence-electron chi connectivity index (χ1n) is 10.7. The average Bonchev–Trinajstić information content (AvgIpc) is 3.14. The molecule has 0 aliphatic carbocycles. The van der Waals surface area contributed by atoms with Gasteiger partial charge in [0.1, 0.15) is 5.60 Å². The third-order valence-electron chi connectivity index (χ3n) is 4.84. The molecule has 0 radical (unpaired) electrons. The maximum atomic E-state index is 12.5. The summed E-state index contributed by atoms with van der Waals surface area (Å²) >= 11 is 1.63. The molecular formula is C23H30N6O3S. The molecule has 0 saturated heterocycles. The summed E-state index contributed by atoms with van der Waals surface area (Å²) in [5, 5.41) is 10.1. The zero-order chi connectivity index (χ0) is 24.2. The monoisotopic (exact) mass is 470 g/mol. The number of nitrogens with one attached hydrogen (secondary N) is 2. The maximum absolute atomic E-state index is 12.5. The van der Waals surface area contributed by atoms with Crippen molar-refractivity contribution in [1.82, 2.24) is 24.9 Å². The van der Waals surface area contributed by atoms with Crippen LogP contribution in [-0.2, 0) is 22.5 Å². The van der Waals surface area contributed by atoms with E-state index < -0.39 is 11.7 Å². The Hall–Kier alpha value is -3.14. The second-order valence-electron chi connectivity index (χ2n) is 8.64. The van der Waals surface area contributed by atoms with Crippen molar-refractivity contribution in [3.05, 3.63) is 47.0 Å². The van der Waals surface area contributed by atoms with E-state index in [1.807, 2.05) is 44.4 Å². The van der Waals surface area contributed by atoms with E-state index >= 15 is 0 Å². The van der Waals surface area contributed by atoms with Gasteiger partial charge in [0, 0.05) is 28.4 Å². The van der Waals surface area contributed by atoms with E-state index in [9.17, 15) is 9.59 Å². The van der Waals surface area contributed by atoms with Crippen molar-refractivity contribution < 1.29 is 14.3 Å². The Morgan fingerprint density at radius 1 is 1.18 bits per heavy atom. The van der Waals surface area contributed by atoms with Crippen molar-refractivity contribution >= 4 is 35.2 Å². The van der Waals surface area contributed by atoms with Crippen LogP contribution in [0.4, 0.5) is 10.5 Å². The van der Waals surface area contributed by atoms with Gasteiger partial charge in [0.15, 0.2) is 5.82 Å². The first-order chi connectivity index (χ1) is 15.6. The molecule has 33 heavy (non-hydrogen) atoms. The molecule has 0 spiro atoms. The SMILES string of the molecule is CSc1cccc(NC(=O)CCc2c(C)nc3nc(CNC(=O)OC(C)(C)C)nn3c2C)c1. The molecule has 0 bridgehead atoms. The minimum Gasteiger partial charge on any atom is -0.444 e. The molecule has 2 heterocycles. The second kappa shape index (κ2) is 10.2. The van der Waals surface area contributed by atoms with Crippen molar-refractivity contribution in [3.63, 3.8) is 0 Å². The minimum atomic E-state index is -0.579. The summed E-state index contributed by atoms with van der Waals surface area (Å²) < 4.78 is 6.89. The van der Waals surface area contributed by atoms with Crippen LogP contribution in [0.3, 0.4) is 0 Å². The summed E-state index contributed by atoms with van der Waals surface area (Å²) in [5.41, 5.74) is 2.83. The van der Waals surface area contributed by atoms with Crippen LogP contribution in [0.2, 0.25) is 0 Å². The molecule has 0 aliphatic rings. The van der Waals surface area contributed by atoms with Crippen LogP contribution in [0.25, 0.3) is 5.78 Å². The second-order valence-corrected chi connectivity index (χ2v) is 9.52. The van der Waals surface area contributed by atoms with Crippen LogP contribution < -0.4 is 10.6 Å². The molecule has 1 aromatic carbocycles. The minimum absolute atomic E-state index is 0.0620. The highest BCUT2D eigenvalue weighted by Crippen LogP contribution is 2.20. The molecule has 10 heteroatoms. The molecule has 3 aromatic rings. The normalized spacial score (nSPS) is 11.5. The Balaban J connectivity index is 1.67. The van der Waals surface area contributed by atoms with Gasteiger partial charge in [-0.25, -0.2) is 14.3 Å². The topological polar surface area (TPSA) is 111 Å². The van der Waals surface area contributed by atoms with Crippen molar-refractivity contribution in [2.75, 3.05) is 11.6 Å². The van der Waals surface area contributed by atoms with E-state index in [4.69, 9.17) is 4.74 Å². The standard InChI is InChI=1S/C23H30N6O3S/c1-14-18(10-11-20(30)26-16-8-7-9-17(12-16)33-6)15(2)29-21(25-14)27-19(28-29)13-24-22(31)32-23(3,4)5/h7-9,12H,10-11,13H2,1-6H3,(H,24,31)(H,26,30). The molecule has 0 aliphatic heterocycles. The van der Waals surface area contributed by atoms with Crippen molar-refractivity contribution in [2.45, 2.75) is 64.5 Å². The highest BCUT2D eigenvalue weighted by Gasteiger charge is 2.18. The number of aryl methyl sites for hydroxylation is 2. The molecule has 3 rings (SSSR count). The average molecular weight is 471 g/mol. The molecule has 0 fully saturated rings. The molecule has 0 unspecified atom stereocenters. The van der Waals surface area contributed by atoms with Gasteiger partial charge in [0.2, 0.25) is 5.91 Å². The number of alkyl carbamates (subject to hydrolysis) is 1. The third-order valence-corrected chi connectivity index (χ3v) is 5.56. The zero-order valence-corrected chi connectivity index (χ0v) is 20.7. The molecule has 2 amide bonds. The van der Waals surface area contributed by atoms with Crippen molar-refractivity contribution in [2.24, 2.45) is 0 Å². The smallest absolute Gasteiger partial charge is 0.408 e. The Bertz CT molecular complexity index is 1170. The first kappa shape index (κ1) is 24.5. The zero-order valence-electron chi connectivity index (χ0n) is 19.9. The molecule has 2 N–H and O–H groups in total. The van der Waals surface area contributed by atoms with E-state index in [2.05, 4.69) is 25.7 Å². The predicted molar refractivity (Wildman–Crippen MR) is 129 cm³/mol. The van der Waals surface area contributed by atoms with Crippen LogP contribution in [0, 0.1) is 13.8 Å². The Kier molecular flexibility index (Phi) is 7.57. The predicted octanol–water partition coefficient (Wildman–Crippen LogP) is 4.06. The molecule has 9 nitrogen and oxygen atoms in total. The lowest BCUT2D eigenvalue weighted by Crippen LogP contribution is -2.32. The number of fused-ring (bicyclic) bond motifs is 1. The highest BCUT2D eigenvalue weighted by molar-refractivity contribution is 7.98. The number of rotatable bonds is 7. The van der Waals surface area contributed by atoms with Crippen LogP contribution >= 0.6 is 11.8 Å². The van der Waals surface area contributed by atoms with Gasteiger partial charge in [-0.1, -0.05) is 6.07 Å². The van der Waals surface area contributed by atoms with Gasteiger partial charge < -0.3 is 15.4 Å². The maximum Gasteiger partial charge on any atom is 0.408 e. The van der Waals surface area contributed by atoms with Crippen molar-refractivity contribution in [3.8, 4) is 0 Å². The summed E-state index contributed by atoms with van der Waals surface area (Å²) in [4.78, 5) is 34.4. The van der Waals surface area contributed by atoms with Gasteiger partial charge in [-0.2, -0.15) is 4.98 Å². The number of hydrogen-bond acceptors (Lipinski definition) is 7. The van der Waals surface area contributed by atoms with Gasteiger partial charge in [-0.3, -0.25) is 4.79 Å². The number of thioether (sulfide) groups is 1. The molecular weight excluding hydrogens is 440 g/mol. The number of benzene rings is 1. The fourth-order valence-corrected chi connectivity index (χ4v) is 3.77. The van der Waals surface area contributed by atoms with Crippen LogP contribution in [-0.4, -0.2) is 43.4 Å². The number of nitrogens with zero attached hydrogens (tertiary/aromatic N) is 4. The molecule has 2 aromatic heterocycles. The van der Waals surface area contributed by atoms with Gasteiger partial charge in [-0.05, 0) is 71.1 Å². The molecule has 176 valence electrons. The summed E-state index contributed by atoms with van der Waals surface area (Å²) in [6.07, 6.45) is 2.32. The molecule has 0 atom stereocenters. The lowest BCUT2D eigenvalue weighted by molar-refractivity contribution is -0.116. The number of amides is 2. The fourth-order valence-electron chi connectivity index (χ4n) is 3.31. The fraction of sp³-hybridized carbons (Fsp3) is 0.435. The van der Waals surface area contributed by atoms with E-state index in [1.165, 1.54) is 0 Å². The third kappa shape index (κ3) is 6.67. The Labute approximate surface area is 197 Å². The van der Waals surface area contributed by atoms with Gasteiger partial charge >= 0.3 is 6.09 Å². The van der Waals surface area contributed by atoms with E-state index in [-0.39, 0.29) is 12.5 Å². The lowest BCUT2D eigenvalue weighted by atomic mass is 10.1. The Morgan fingerprint density at radius 2 is 1.94 bits per heavy atom. The number of anilines is 1. The van der Waals surface area contributed by atoms with E-state index in [0.29, 0.717) is 24.4 Å². The summed E-state index contributed by atoms with van der Waals surface area (Å²) in [7, 11) is 0. The van der Waals surface area contributed by atoms with Gasteiger partial charge in [0.05, 0.1) is 6.54 Å². The number of ether oxygens (including phenoxy) is 1. The van der Waals surface area contributed by atoms with Crippen LogP contribution in [0.5, 0.6) is 0 Å². The summed E-state index contributed by atoms with van der Waals surface area (Å²) in [6, 6.07) is 7.76. The summed E-state index contributed by atoms with van der Waals surface area (Å²) in [6.45, 7) is 9.36. The van der Waals surface area contributed by atoms with Gasteiger partial charge in [0.25, 0.3) is 5.78 Å². The van der Waals surface area contributed by atoms with Gasteiger partial charge in [-0.15, -0.1) is 16.9 Å². The quantitative estimate of drug-likeness (QED) is 0.501. The number of carbonyl (C=O) groups is 2. The molecule has 0 saturated carbocycles. The Morgan fingerprint density at radius 3 is 2.64 bits per heavy atom. The largest absolute Gasteiger partial charge is 0.444 e. The lowest BCUT2D eigenvalue weighted by Gasteiger charge is -2.19. The first-order valence-corrected chi connectivity index (χ1v) is 11.9. The summed E-state index contributed by atoms with van der Waals surface area (Å²) in [5.74, 6) is 0.820. The van der Waals surface area contributed by atoms with Crippen molar-refractivity contribution in [1.29, 1.82) is 0 Å². The number of aromatic nitrogens is 4. The number of hydrogen-bond donors (Lipinski definition) is 2. The van der Waals surface area contributed by atoms with Crippen LogP contribution in [0.1, 0.15) is 50.0 Å².